The first-order chi connectivity index (χ1) is 13.4. The maximum absolute atomic E-state index is 4.82. The van der Waals surface area contributed by atoms with E-state index in [4.69, 9.17) is 10.3 Å². The summed E-state index contributed by atoms with van der Waals surface area (Å²) in [6, 6.07) is 20.0. The van der Waals surface area contributed by atoms with Crippen LogP contribution in [-0.2, 0) is 0 Å². The fraction of sp³-hybridized carbons (Fsp3) is 0.200. The molecule has 1 aromatic heterocycles. The molecule has 0 aliphatic carbocycles. The molecule has 0 spiro atoms. The monoisotopic (exact) mass is 369 g/mol. The van der Waals surface area contributed by atoms with Gasteiger partial charge in [0.25, 0.3) is 0 Å². The summed E-state index contributed by atoms with van der Waals surface area (Å²) in [6.45, 7) is 14.9. The summed E-state index contributed by atoms with van der Waals surface area (Å²) >= 11 is 0. The summed E-state index contributed by atoms with van der Waals surface area (Å²) in [6.07, 6.45) is 0. The maximum Gasteiger partial charge on any atom is 0.235 e. The van der Waals surface area contributed by atoms with Crippen LogP contribution in [0.1, 0.15) is 36.2 Å². The summed E-state index contributed by atoms with van der Waals surface area (Å²) in [7, 11) is 0. The normalized spacial score (nSPS) is 12.7. The fourth-order valence-corrected chi connectivity index (χ4v) is 3.58. The van der Waals surface area contributed by atoms with Crippen molar-refractivity contribution in [1.82, 2.24) is 0 Å². The van der Waals surface area contributed by atoms with Gasteiger partial charge in [-0.1, -0.05) is 61.2 Å². The van der Waals surface area contributed by atoms with Crippen LogP contribution in [0.5, 0.6) is 0 Å². The van der Waals surface area contributed by atoms with Gasteiger partial charge in [0, 0.05) is 11.1 Å². The van der Waals surface area contributed by atoms with E-state index in [0.29, 0.717) is 0 Å². The summed E-state index contributed by atoms with van der Waals surface area (Å²) < 4.78 is 1.99. The van der Waals surface area contributed by atoms with Crippen molar-refractivity contribution < 1.29 is 4.24 Å². The van der Waals surface area contributed by atoms with Crippen molar-refractivity contribution in [3.63, 3.8) is 0 Å². The molecule has 0 radical (unpaired) electrons. The summed E-state index contributed by atoms with van der Waals surface area (Å²) in [5.74, 6) is 0. The Hall–Kier alpha value is -3.20. The highest BCUT2D eigenvalue weighted by Crippen LogP contribution is 2.23. The van der Waals surface area contributed by atoms with E-state index in [1.807, 2.05) is 78.8 Å². The van der Waals surface area contributed by atoms with Gasteiger partial charge in [0.05, 0.1) is 5.69 Å². The minimum absolute atomic E-state index is 0.939. The van der Waals surface area contributed by atoms with E-state index in [1.165, 1.54) is 16.7 Å². The molecule has 2 aromatic carbocycles. The SMILES string of the molecule is C=[n+]1c(C(C)=Nc2ccccc2)c(C)c(C)c(C)c1=C(C)[N-]c1ccccc1. The molecule has 0 amide bonds. The van der Waals surface area contributed by atoms with Crippen molar-refractivity contribution in [1.29, 1.82) is 0 Å². The van der Waals surface area contributed by atoms with Crippen molar-refractivity contribution in [2.75, 3.05) is 0 Å². The molecular formula is C25H27N3. The van der Waals surface area contributed by atoms with Crippen LogP contribution in [0, 0.1) is 27.5 Å². The lowest BCUT2D eigenvalue weighted by atomic mass is 10.0. The fourth-order valence-electron chi connectivity index (χ4n) is 3.58. The van der Waals surface area contributed by atoms with Gasteiger partial charge in [0.2, 0.25) is 5.69 Å². The third-order valence-electron chi connectivity index (χ3n) is 5.17. The Balaban J connectivity index is 2.22. The van der Waals surface area contributed by atoms with Gasteiger partial charge in [-0.2, -0.15) is 4.24 Å². The molecule has 3 heteroatoms. The quantitative estimate of drug-likeness (QED) is 0.429. The van der Waals surface area contributed by atoms with Crippen LogP contribution >= 0.6 is 0 Å². The predicted molar refractivity (Wildman–Crippen MR) is 118 cm³/mol. The minimum atomic E-state index is 0.939. The molecule has 28 heavy (non-hydrogen) atoms. The molecule has 0 atom stereocenters. The first-order valence-corrected chi connectivity index (χ1v) is 9.48. The highest BCUT2D eigenvalue weighted by Gasteiger charge is 2.19. The Morgan fingerprint density at radius 3 is 2.00 bits per heavy atom. The van der Waals surface area contributed by atoms with Crippen molar-refractivity contribution >= 4 is 22.8 Å². The lowest BCUT2D eigenvalue weighted by molar-refractivity contribution is -0.516. The van der Waals surface area contributed by atoms with Gasteiger partial charge in [-0.25, -0.2) is 4.99 Å². The molecule has 0 unspecified atom stereocenters. The Bertz CT molecular complexity index is 1130. The zero-order valence-electron chi connectivity index (χ0n) is 17.3. The maximum atomic E-state index is 4.82. The molecule has 0 bridgehead atoms. The van der Waals surface area contributed by atoms with E-state index in [9.17, 15) is 0 Å². The number of pyridine rings is 1. The zero-order valence-corrected chi connectivity index (χ0v) is 17.3. The van der Waals surface area contributed by atoms with E-state index in [1.54, 1.807) is 0 Å². The number of benzene rings is 2. The Morgan fingerprint density at radius 1 is 0.821 bits per heavy atom. The van der Waals surface area contributed by atoms with Gasteiger partial charge in [0.15, 0.2) is 5.35 Å². The van der Waals surface area contributed by atoms with E-state index in [0.717, 1.165) is 33.8 Å². The second-order valence-corrected chi connectivity index (χ2v) is 7.07. The smallest absolute Gasteiger partial charge is 0.235 e. The lowest BCUT2D eigenvalue weighted by Gasteiger charge is -2.22. The molecule has 0 saturated carbocycles. The lowest BCUT2D eigenvalue weighted by Crippen LogP contribution is -2.45. The van der Waals surface area contributed by atoms with Crippen LogP contribution in [0.25, 0.3) is 11.0 Å². The van der Waals surface area contributed by atoms with Gasteiger partial charge >= 0.3 is 0 Å². The topological polar surface area (TPSA) is 32.4 Å². The molecule has 1 heterocycles. The van der Waals surface area contributed by atoms with Crippen LogP contribution < -0.4 is 9.59 Å². The molecule has 0 N–H and O–H groups in total. The van der Waals surface area contributed by atoms with Crippen LogP contribution in [0.4, 0.5) is 11.4 Å². The largest absolute Gasteiger partial charge is 0.656 e. The van der Waals surface area contributed by atoms with E-state index in [2.05, 4.69) is 27.5 Å². The molecule has 3 nitrogen and oxygen atoms in total. The second kappa shape index (κ2) is 8.22. The van der Waals surface area contributed by atoms with Gasteiger partial charge in [-0.3, -0.25) is 0 Å². The van der Waals surface area contributed by atoms with Crippen molar-refractivity contribution in [3.8, 4) is 0 Å². The molecule has 0 aliphatic heterocycles. The van der Waals surface area contributed by atoms with Crippen LogP contribution in [0.2, 0.25) is 0 Å². The van der Waals surface area contributed by atoms with Crippen LogP contribution in [0.3, 0.4) is 0 Å². The number of para-hydroxylation sites is 2. The van der Waals surface area contributed by atoms with Crippen molar-refractivity contribution in [2.24, 2.45) is 4.99 Å². The minimum Gasteiger partial charge on any atom is -0.656 e. The Labute approximate surface area is 167 Å². The highest BCUT2D eigenvalue weighted by atomic mass is 14.9. The number of nitrogens with zero attached hydrogens (tertiary/aromatic N) is 3. The average molecular weight is 370 g/mol. The average Bonchev–Trinajstić information content (AvgIpc) is 2.68. The number of aliphatic imine (C=N–C) groups is 1. The predicted octanol–water partition coefficient (Wildman–Crippen LogP) is 5.51. The first-order valence-electron chi connectivity index (χ1n) is 9.48. The number of hydrogen-bond acceptors (Lipinski definition) is 1. The van der Waals surface area contributed by atoms with Crippen LogP contribution in [-0.4, -0.2) is 5.71 Å². The standard InChI is InChI=1S/C25H27N3/c1-17-18(2)24(20(4)26-22-13-9-7-10-14-22)28(6)25(19(17)3)21(5)27-23-15-11-8-12-16-23/h7-16H,6H2,1-5H3. The van der Waals surface area contributed by atoms with Gasteiger partial charge in [0.1, 0.15) is 12.4 Å². The van der Waals surface area contributed by atoms with E-state index in [-0.39, 0.29) is 0 Å². The first kappa shape index (κ1) is 19.6. The van der Waals surface area contributed by atoms with E-state index < -0.39 is 0 Å². The second-order valence-electron chi connectivity index (χ2n) is 7.07. The molecular weight excluding hydrogens is 342 g/mol. The van der Waals surface area contributed by atoms with Crippen molar-refractivity contribution in [3.05, 3.63) is 100 Å². The van der Waals surface area contributed by atoms with Gasteiger partial charge in [-0.05, 0) is 45.4 Å². The molecule has 0 aliphatic rings. The Morgan fingerprint density at radius 2 is 1.39 bits per heavy atom. The molecule has 0 fully saturated rings. The molecule has 3 aromatic rings. The molecule has 142 valence electrons. The van der Waals surface area contributed by atoms with E-state index >= 15 is 0 Å². The van der Waals surface area contributed by atoms with Gasteiger partial charge in [-0.15, -0.1) is 5.69 Å². The third-order valence-corrected chi connectivity index (χ3v) is 5.17. The summed E-state index contributed by atoms with van der Waals surface area (Å²) in [4.78, 5) is 4.82. The number of rotatable bonds is 4. The van der Waals surface area contributed by atoms with Crippen molar-refractivity contribution in [2.45, 2.75) is 34.6 Å². The highest BCUT2D eigenvalue weighted by molar-refractivity contribution is 5.98. The molecule has 0 saturated heterocycles. The third kappa shape index (κ3) is 3.89. The van der Waals surface area contributed by atoms with Crippen LogP contribution in [0.15, 0.2) is 65.7 Å². The summed E-state index contributed by atoms with van der Waals surface area (Å²) in [5.41, 5.74) is 8.43. The molecule has 3 rings (SSSR count). The number of hydrogen-bond donors (Lipinski definition) is 0. The summed E-state index contributed by atoms with van der Waals surface area (Å²) in [5, 5.41) is 5.85. The number of aromatic nitrogens is 1. The van der Waals surface area contributed by atoms with Gasteiger partial charge < -0.3 is 5.32 Å². The zero-order chi connectivity index (χ0) is 20.3. The Kier molecular flexibility index (Phi) is 5.74.